The van der Waals surface area contributed by atoms with Crippen LogP contribution in [0.5, 0.6) is 0 Å². The van der Waals surface area contributed by atoms with Gasteiger partial charge in [-0.2, -0.15) is 9.40 Å². The van der Waals surface area contributed by atoms with Gasteiger partial charge in [0.05, 0.1) is 12.8 Å². The SMILES string of the molecule is Cn1nccc1C(=O)NCC(=O)N1CCN(S(C)(=O)=O)CC1. The Kier molecular flexibility index (Phi) is 4.81. The van der Waals surface area contributed by atoms with E-state index in [1.165, 1.54) is 15.2 Å². The second-order valence-corrected chi connectivity index (χ2v) is 7.05. The monoisotopic (exact) mass is 329 g/mol. The summed E-state index contributed by atoms with van der Waals surface area (Å²) in [6.45, 7) is 1.09. The van der Waals surface area contributed by atoms with Gasteiger partial charge in [-0.05, 0) is 6.07 Å². The summed E-state index contributed by atoms with van der Waals surface area (Å²) in [7, 11) is -1.58. The highest BCUT2D eigenvalue weighted by atomic mass is 32.2. The Hall–Kier alpha value is -1.94. The minimum Gasteiger partial charge on any atom is -0.342 e. The zero-order chi connectivity index (χ0) is 16.3. The first-order valence-corrected chi connectivity index (χ1v) is 8.63. The molecule has 2 heterocycles. The topological polar surface area (TPSA) is 105 Å². The minimum absolute atomic E-state index is 0.122. The van der Waals surface area contributed by atoms with Crippen molar-refractivity contribution in [1.29, 1.82) is 0 Å². The summed E-state index contributed by atoms with van der Waals surface area (Å²) in [6, 6.07) is 1.56. The molecule has 0 unspecified atom stereocenters. The first-order valence-electron chi connectivity index (χ1n) is 6.78. The first-order chi connectivity index (χ1) is 10.3. The molecule has 1 aromatic rings. The Morgan fingerprint density at radius 3 is 2.41 bits per heavy atom. The zero-order valence-electron chi connectivity index (χ0n) is 12.5. The summed E-state index contributed by atoms with van der Waals surface area (Å²) in [4.78, 5) is 25.4. The molecule has 0 radical (unpaired) electrons. The number of hydrogen-bond donors (Lipinski definition) is 1. The van der Waals surface area contributed by atoms with Crippen molar-refractivity contribution < 1.29 is 18.0 Å². The maximum Gasteiger partial charge on any atom is 0.269 e. The molecule has 10 heteroatoms. The van der Waals surface area contributed by atoms with E-state index >= 15 is 0 Å². The Morgan fingerprint density at radius 2 is 1.91 bits per heavy atom. The highest BCUT2D eigenvalue weighted by Crippen LogP contribution is 2.06. The highest BCUT2D eigenvalue weighted by molar-refractivity contribution is 7.88. The van der Waals surface area contributed by atoms with Crippen molar-refractivity contribution >= 4 is 21.8 Å². The quantitative estimate of drug-likeness (QED) is 0.706. The average molecular weight is 329 g/mol. The Bertz CT molecular complexity index is 661. The van der Waals surface area contributed by atoms with Gasteiger partial charge in [0.2, 0.25) is 15.9 Å². The van der Waals surface area contributed by atoms with Crippen LogP contribution in [0.2, 0.25) is 0 Å². The third kappa shape index (κ3) is 3.83. The lowest BCUT2D eigenvalue weighted by Crippen LogP contribution is -2.52. The molecule has 1 fully saturated rings. The fourth-order valence-electron chi connectivity index (χ4n) is 2.22. The lowest BCUT2D eigenvalue weighted by atomic mass is 10.3. The van der Waals surface area contributed by atoms with Gasteiger partial charge < -0.3 is 10.2 Å². The van der Waals surface area contributed by atoms with E-state index in [9.17, 15) is 18.0 Å². The Morgan fingerprint density at radius 1 is 1.27 bits per heavy atom. The number of carbonyl (C=O) groups excluding carboxylic acids is 2. The predicted octanol–water partition coefficient (Wildman–Crippen LogP) is -1.75. The van der Waals surface area contributed by atoms with Gasteiger partial charge in [-0.25, -0.2) is 8.42 Å². The summed E-state index contributed by atoms with van der Waals surface area (Å²) < 4.78 is 25.6. The van der Waals surface area contributed by atoms with Crippen molar-refractivity contribution in [2.75, 3.05) is 39.0 Å². The molecule has 1 aromatic heterocycles. The van der Waals surface area contributed by atoms with Crippen LogP contribution in [0.15, 0.2) is 12.3 Å². The van der Waals surface area contributed by atoms with Gasteiger partial charge >= 0.3 is 0 Å². The molecule has 9 nitrogen and oxygen atoms in total. The molecule has 122 valence electrons. The minimum atomic E-state index is -3.22. The molecule has 0 spiro atoms. The summed E-state index contributed by atoms with van der Waals surface area (Å²) in [6.07, 6.45) is 2.65. The number of hydrogen-bond acceptors (Lipinski definition) is 5. The Labute approximate surface area is 128 Å². The van der Waals surface area contributed by atoms with Crippen LogP contribution in [0.25, 0.3) is 0 Å². The van der Waals surface area contributed by atoms with Crippen molar-refractivity contribution in [3.8, 4) is 0 Å². The van der Waals surface area contributed by atoms with Crippen molar-refractivity contribution in [2.45, 2.75) is 0 Å². The molecule has 22 heavy (non-hydrogen) atoms. The molecule has 1 saturated heterocycles. The maximum absolute atomic E-state index is 12.0. The van der Waals surface area contributed by atoms with Gasteiger partial charge in [0.25, 0.3) is 5.91 Å². The smallest absolute Gasteiger partial charge is 0.269 e. The van der Waals surface area contributed by atoms with E-state index in [2.05, 4.69) is 10.4 Å². The van der Waals surface area contributed by atoms with Crippen LogP contribution in [0.3, 0.4) is 0 Å². The summed E-state index contributed by atoms with van der Waals surface area (Å²) >= 11 is 0. The number of sulfonamides is 1. The molecule has 0 saturated carbocycles. The Balaban J connectivity index is 1.82. The molecule has 2 rings (SSSR count). The lowest BCUT2D eigenvalue weighted by molar-refractivity contribution is -0.131. The fourth-order valence-corrected chi connectivity index (χ4v) is 3.05. The van der Waals surface area contributed by atoms with Crippen LogP contribution >= 0.6 is 0 Å². The van der Waals surface area contributed by atoms with Gasteiger partial charge in [-0.15, -0.1) is 0 Å². The van der Waals surface area contributed by atoms with Crippen LogP contribution in [0.4, 0.5) is 0 Å². The van der Waals surface area contributed by atoms with E-state index in [-0.39, 0.29) is 31.4 Å². The molecule has 0 bridgehead atoms. The second kappa shape index (κ2) is 6.44. The normalized spacial score (nSPS) is 16.5. The van der Waals surface area contributed by atoms with Gasteiger partial charge in [0.1, 0.15) is 5.69 Å². The van der Waals surface area contributed by atoms with Crippen LogP contribution in [0.1, 0.15) is 10.5 Å². The van der Waals surface area contributed by atoms with Crippen LogP contribution in [-0.2, 0) is 21.9 Å². The van der Waals surface area contributed by atoms with Crippen LogP contribution in [-0.4, -0.2) is 78.2 Å². The van der Waals surface area contributed by atoms with Gasteiger partial charge in [0, 0.05) is 39.4 Å². The molecule has 2 amide bonds. The molecular weight excluding hydrogens is 310 g/mol. The van der Waals surface area contributed by atoms with E-state index in [0.29, 0.717) is 18.8 Å². The standard InChI is InChI=1S/C12H19N5O4S/c1-15-10(3-4-14-15)12(19)13-9-11(18)16-5-7-17(8-6-16)22(2,20)21/h3-4H,5-9H2,1-2H3,(H,13,19). The van der Waals surface area contributed by atoms with Crippen molar-refractivity contribution in [3.05, 3.63) is 18.0 Å². The maximum atomic E-state index is 12.0. The van der Waals surface area contributed by atoms with E-state index in [4.69, 9.17) is 0 Å². The number of nitrogens with zero attached hydrogens (tertiary/aromatic N) is 4. The van der Waals surface area contributed by atoms with E-state index in [1.54, 1.807) is 18.0 Å². The number of amides is 2. The van der Waals surface area contributed by atoms with Crippen molar-refractivity contribution in [1.82, 2.24) is 24.3 Å². The number of aromatic nitrogens is 2. The van der Waals surface area contributed by atoms with Crippen molar-refractivity contribution in [2.24, 2.45) is 7.05 Å². The largest absolute Gasteiger partial charge is 0.342 e. The third-order valence-corrected chi connectivity index (χ3v) is 4.82. The molecule has 0 aromatic carbocycles. The third-order valence-electron chi connectivity index (χ3n) is 3.51. The van der Waals surface area contributed by atoms with Gasteiger partial charge in [-0.3, -0.25) is 14.3 Å². The summed E-state index contributed by atoms with van der Waals surface area (Å²) in [5, 5.41) is 6.43. The number of nitrogens with one attached hydrogen (secondary N) is 1. The second-order valence-electron chi connectivity index (χ2n) is 5.07. The fraction of sp³-hybridized carbons (Fsp3) is 0.583. The lowest BCUT2D eigenvalue weighted by Gasteiger charge is -2.33. The average Bonchev–Trinajstić information content (AvgIpc) is 2.90. The summed E-state index contributed by atoms with van der Waals surface area (Å²) in [5.41, 5.74) is 0.370. The van der Waals surface area contributed by atoms with Crippen molar-refractivity contribution in [3.63, 3.8) is 0 Å². The van der Waals surface area contributed by atoms with E-state index in [1.807, 2.05) is 0 Å². The molecule has 1 aliphatic heterocycles. The van der Waals surface area contributed by atoms with Gasteiger partial charge in [-0.1, -0.05) is 0 Å². The number of rotatable bonds is 4. The zero-order valence-corrected chi connectivity index (χ0v) is 13.3. The first kappa shape index (κ1) is 16.4. The van der Waals surface area contributed by atoms with Gasteiger partial charge in [0.15, 0.2) is 0 Å². The molecule has 1 N–H and O–H groups in total. The molecule has 0 atom stereocenters. The predicted molar refractivity (Wildman–Crippen MR) is 78.5 cm³/mol. The highest BCUT2D eigenvalue weighted by Gasteiger charge is 2.26. The summed E-state index contributed by atoms with van der Waals surface area (Å²) in [5.74, 6) is -0.605. The molecule has 0 aliphatic carbocycles. The van der Waals surface area contributed by atoms with E-state index < -0.39 is 10.0 Å². The van der Waals surface area contributed by atoms with Crippen LogP contribution in [0, 0.1) is 0 Å². The number of carbonyl (C=O) groups is 2. The number of aryl methyl sites for hydroxylation is 1. The molecule has 1 aliphatic rings. The van der Waals surface area contributed by atoms with E-state index in [0.717, 1.165) is 6.26 Å². The molecular formula is C12H19N5O4S. The number of piperazine rings is 1. The van der Waals surface area contributed by atoms with Crippen LogP contribution < -0.4 is 5.32 Å².